The van der Waals surface area contributed by atoms with Crippen LogP contribution in [0.1, 0.15) is 50.7 Å². The SMILES string of the molecule is COC1(c2noc(C(C)C(C)C(=O)O)n2)CCC1. The third-order valence-corrected chi connectivity index (χ3v) is 3.93. The van der Waals surface area contributed by atoms with Gasteiger partial charge in [0.15, 0.2) is 0 Å². The maximum atomic E-state index is 10.9. The number of hydrogen-bond acceptors (Lipinski definition) is 5. The molecule has 0 amide bonds. The predicted octanol–water partition coefficient (Wildman–Crippen LogP) is 1.92. The molecule has 0 spiro atoms. The van der Waals surface area contributed by atoms with Crippen LogP contribution in [0.2, 0.25) is 0 Å². The lowest BCUT2D eigenvalue weighted by atomic mass is 9.79. The number of carbonyl (C=O) groups is 1. The fourth-order valence-electron chi connectivity index (χ4n) is 2.05. The maximum Gasteiger partial charge on any atom is 0.307 e. The molecular formula is C12H18N2O4. The van der Waals surface area contributed by atoms with E-state index in [4.69, 9.17) is 14.4 Å². The third-order valence-electron chi connectivity index (χ3n) is 3.93. The topological polar surface area (TPSA) is 85.5 Å². The molecule has 0 radical (unpaired) electrons. The highest BCUT2D eigenvalue weighted by molar-refractivity contribution is 5.70. The molecule has 6 nitrogen and oxygen atoms in total. The molecule has 18 heavy (non-hydrogen) atoms. The van der Waals surface area contributed by atoms with Crippen molar-refractivity contribution in [3.05, 3.63) is 11.7 Å². The summed E-state index contributed by atoms with van der Waals surface area (Å²) < 4.78 is 10.6. The summed E-state index contributed by atoms with van der Waals surface area (Å²) in [6.07, 6.45) is 2.84. The van der Waals surface area contributed by atoms with E-state index in [0.29, 0.717) is 11.7 Å². The number of nitrogens with zero attached hydrogens (tertiary/aromatic N) is 2. The molecule has 2 rings (SSSR count). The first-order valence-electron chi connectivity index (χ1n) is 6.12. The minimum atomic E-state index is -0.868. The van der Waals surface area contributed by atoms with Crippen molar-refractivity contribution >= 4 is 5.97 Å². The molecule has 0 aromatic carbocycles. The van der Waals surface area contributed by atoms with Gasteiger partial charge in [-0.05, 0) is 19.3 Å². The van der Waals surface area contributed by atoms with E-state index >= 15 is 0 Å². The molecule has 6 heteroatoms. The Hall–Kier alpha value is -1.43. The lowest BCUT2D eigenvalue weighted by molar-refractivity contribution is -0.141. The van der Waals surface area contributed by atoms with Crippen molar-refractivity contribution in [1.82, 2.24) is 10.1 Å². The van der Waals surface area contributed by atoms with Gasteiger partial charge in [-0.1, -0.05) is 19.0 Å². The Morgan fingerprint density at radius 1 is 1.50 bits per heavy atom. The van der Waals surface area contributed by atoms with Crippen molar-refractivity contribution in [2.45, 2.75) is 44.6 Å². The number of aliphatic carboxylic acids is 1. The molecule has 1 heterocycles. The second-order valence-corrected chi connectivity index (χ2v) is 4.92. The Bertz CT molecular complexity index is 434. The first-order chi connectivity index (χ1) is 8.50. The molecule has 1 N–H and O–H groups in total. The van der Waals surface area contributed by atoms with Gasteiger partial charge >= 0.3 is 5.97 Å². The molecular weight excluding hydrogens is 236 g/mol. The number of ether oxygens (including phenoxy) is 1. The van der Waals surface area contributed by atoms with Crippen molar-refractivity contribution in [2.24, 2.45) is 5.92 Å². The number of methoxy groups -OCH3 is 1. The van der Waals surface area contributed by atoms with Gasteiger partial charge in [0.1, 0.15) is 5.60 Å². The molecule has 0 saturated heterocycles. The van der Waals surface area contributed by atoms with Crippen LogP contribution in [0.5, 0.6) is 0 Å². The van der Waals surface area contributed by atoms with Crippen LogP contribution < -0.4 is 0 Å². The van der Waals surface area contributed by atoms with Crippen LogP contribution in [0, 0.1) is 5.92 Å². The zero-order valence-corrected chi connectivity index (χ0v) is 10.8. The van der Waals surface area contributed by atoms with Gasteiger partial charge in [-0.3, -0.25) is 4.79 Å². The zero-order chi connectivity index (χ0) is 13.3. The number of rotatable bonds is 5. The van der Waals surface area contributed by atoms with Crippen LogP contribution in [-0.4, -0.2) is 28.3 Å². The number of carboxylic acids is 1. The molecule has 0 bridgehead atoms. The summed E-state index contributed by atoms with van der Waals surface area (Å²) in [6, 6.07) is 0. The van der Waals surface area contributed by atoms with Crippen LogP contribution in [0.4, 0.5) is 0 Å². The third kappa shape index (κ3) is 2.01. The molecule has 1 aromatic rings. The minimum Gasteiger partial charge on any atom is -0.481 e. The fourth-order valence-corrected chi connectivity index (χ4v) is 2.05. The summed E-state index contributed by atoms with van der Waals surface area (Å²) in [4.78, 5) is 15.2. The van der Waals surface area contributed by atoms with Gasteiger partial charge < -0.3 is 14.4 Å². The van der Waals surface area contributed by atoms with E-state index in [1.165, 1.54) is 0 Å². The fraction of sp³-hybridized carbons (Fsp3) is 0.750. The predicted molar refractivity (Wildman–Crippen MR) is 62.1 cm³/mol. The monoisotopic (exact) mass is 254 g/mol. The standard InChI is InChI=1S/C12H18N2O4/c1-7(8(2)10(15)16)9-13-11(14-18-9)12(17-3)5-4-6-12/h7-8H,4-6H2,1-3H3,(H,15,16). The van der Waals surface area contributed by atoms with Crippen molar-refractivity contribution in [3.8, 4) is 0 Å². The van der Waals surface area contributed by atoms with E-state index in [9.17, 15) is 4.79 Å². The quantitative estimate of drug-likeness (QED) is 0.864. The lowest BCUT2D eigenvalue weighted by Crippen LogP contribution is -2.37. The molecule has 1 fully saturated rings. The highest BCUT2D eigenvalue weighted by atomic mass is 16.5. The van der Waals surface area contributed by atoms with E-state index < -0.39 is 17.5 Å². The second-order valence-electron chi connectivity index (χ2n) is 4.92. The lowest BCUT2D eigenvalue weighted by Gasteiger charge is -2.37. The van der Waals surface area contributed by atoms with Crippen molar-refractivity contribution in [3.63, 3.8) is 0 Å². The second kappa shape index (κ2) is 4.68. The Morgan fingerprint density at radius 2 is 2.17 bits per heavy atom. The molecule has 100 valence electrons. The average Bonchev–Trinajstić information content (AvgIpc) is 2.76. The normalized spacial score (nSPS) is 21.1. The van der Waals surface area contributed by atoms with Gasteiger partial charge in [0.05, 0.1) is 5.92 Å². The van der Waals surface area contributed by atoms with Crippen LogP contribution in [0.15, 0.2) is 4.52 Å². The van der Waals surface area contributed by atoms with Gasteiger partial charge in [-0.25, -0.2) is 0 Å². The van der Waals surface area contributed by atoms with E-state index in [2.05, 4.69) is 10.1 Å². The maximum absolute atomic E-state index is 10.9. The number of hydrogen-bond donors (Lipinski definition) is 1. The van der Waals surface area contributed by atoms with Gasteiger partial charge in [-0.15, -0.1) is 0 Å². The van der Waals surface area contributed by atoms with Crippen LogP contribution in [0.3, 0.4) is 0 Å². The molecule has 2 atom stereocenters. The molecule has 0 aliphatic heterocycles. The molecule has 1 saturated carbocycles. The molecule has 1 aromatic heterocycles. The largest absolute Gasteiger partial charge is 0.481 e. The Labute approximate surface area is 105 Å². The van der Waals surface area contributed by atoms with Crippen molar-refractivity contribution < 1.29 is 19.2 Å². The van der Waals surface area contributed by atoms with Crippen molar-refractivity contribution in [1.29, 1.82) is 0 Å². The Morgan fingerprint density at radius 3 is 2.61 bits per heavy atom. The Kier molecular flexibility index (Phi) is 3.38. The summed E-state index contributed by atoms with van der Waals surface area (Å²) in [6.45, 7) is 3.41. The van der Waals surface area contributed by atoms with Crippen molar-refractivity contribution in [2.75, 3.05) is 7.11 Å². The van der Waals surface area contributed by atoms with Crippen LogP contribution >= 0.6 is 0 Å². The summed E-state index contributed by atoms with van der Waals surface area (Å²) in [5.74, 6) is -0.831. The summed E-state index contributed by atoms with van der Waals surface area (Å²) in [5, 5.41) is 12.9. The Balaban J connectivity index is 2.17. The first-order valence-corrected chi connectivity index (χ1v) is 6.12. The van der Waals surface area contributed by atoms with E-state index in [-0.39, 0.29) is 5.92 Å². The number of carboxylic acid groups (broad SMARTS) is 1. The highest BCUT2D eigenvalue weighted by Crippen LogP contribution is 2.43. The summed E-state index contributed by atoms with van der Waals surface area (Å²) in [5.41, 5.74) is -0.423. The summed E-state index contributed by atoms with van der Waals surface area (Å²) in [7, 11) is 1.64. The van der Waals surface area contributed by atoms with Gasteiger partial charge in [0, 0.05) is 13.0 Å². The zero-order valence-electron chi connectivity index (χ0n) is 10.8. The van der Waals surface area contributed by atoms with Gasteiger partial charge in [-0.2, -0.15) is 4.98 Å². The molecule has 1 aliphatic carbocycles. The smallest absolute Gasteiger partial charge is 0.307 e. The minimum absolute atomic E-state index is 0.308. The average molecular weight is 254 g/mol. The van der Waals surface area contributed by atoms with E-state index in [0.717, 1.165) is 19.3 Å². The van der Waals surface area contributed by atoms with Crippen LogP contribution in [-0.2, 0) is 15.1 Å². The van der Waals surface area contributed by atoms with E-state index in [1.807, 2.05) is 0 Å². The number of aromatic nitrogens is 2. The first kappa shape index (κ1) is 13.0. The van der Waals surface area contributed by atoms with Gasteiger partial charge in [0.2, 0.25) is 11.7 Å². The molecule has 2 unspecified atom stereocenters. The molecule has 1 aliphatic rings. The van der Waals surface area contributed by atoms with Crippen LogP contribution in [0.25, 0.3) is 0 Å². The highest BCUT2D eigenvalue weighted by Gasteiger charge is 2.43. The van der Waals surface area contributed by atoms with E-state index in [1.54, 1.807) is 21.0 Å². The summed E-state index contributed by atoms with van der Waals surface area (Å²) >= 11 is 0. The van der Waals surface area contributed by atoms with Gasteiger partial charge in [0.25, 0.3) is 0 Å².